The van der Waals surface area contributed by atoms with Gasteiger partial charge in [-0.1, -0.05) is 46.8 Å². The molecule has 0 spiro atoms. The van der Waals surface area contributed by atoms with Gasteiger partial charge in [-0.05, 0) is 54.0 Å². The summed E-state index contributed by atoms with van der Waals surface area (Å²) in [5.74, 6) is 0.954. The highest BCUT2D eigenvalue weighted by Gasteiger charge is 2.27. The van der Waals surface area contributed by atoms with Gasteiger partial charge in [-0.2, -0.15) is 5.10 Å². The van der Waals surface area contributed by atoms with E-state index < -0.39 is 0 Å². The third-order valence-corrected chi connectivity index (χ3v) is 4.20. The Kier molecular flexibility index (Phi) is 6.47. The number of carbonyl (C=O) groups is 1. The summed E-state index contributed by atoms with van der Waals surface area (Å²) in [6.45, 7) is 12.9. The molecule has 27 heavy (non-hydrogen) atoms. The minimum Gasteiger partial charge on any atom is -0.484 e. The summed E-state index contributed by atoms with van der Waals surface area (Å²) >= 11 is 0. The van der Waals surface area contributed by atoms with Crippen molar-refractivity contribution in [3.63, 3.8) is 0 Å². The van der Waals surface area contributed by atoms with Crippen molar-refractivity contribution in [2.75, 3.05) is 6.61 Å². The maximum atomic E-state index is 11.9. The molecule has 0 aliphatic heterocycles. The fraction of sp³-hybridized carbons (Fsp3) is 0.455. The van der Waals surface area contributed by atoms with Crippen molar-refractivity contribution < 1.29 is 13.9 Å². The zero-order valence-corrected chi connectivity index (χ0v) is 17.1. The molecule has 1 heterocycles. The molecule has 146 valence electrons. The van der Waals surface area contributed by atoms with Crippen LogP contribution >= 0.6 is 0 Å². The summed E-state index contributed by atoms with van der Waals surface area (Å²) in [6, 6.07) is 11.5. The zero-order valence-electron chi connectivity index (χ0n) is 17.1. The molecule has 0 atom stereocenters. The summed E-state index contributed by atoms with van der Waals surface area (Å²) < 4.78 is 10.8. The van der Waals surface area contributed by atoms with Crippen molar-refractivity contribution >= 4 is 11.6 Å². The van der Waals surface area contributed by atoms with Crippen molar-refractivity contribution in [2.24, 2.45) is 10.5 Å². The Labute approximate surface area is 161 Å². The Morgan fingerprint density at radius 1 is 1.11 bits per heavy atom. The number of ether oxygens (including phenoxy) is 1. The van der Waals surface area contributed by atoms with Gasteiger partial charge in [0.05, 0.1) is 6.26 Å². The zero-order chi connectivity index (χ0) is 20.1. The highest BCUT2D eigenvalue weighted by atomic mass is 16.5. The van der Waals surface area contributed by atoms with Gasteiger partial charge in [0, 0.05) is 0 Å². The quantitative estimate of drug-likeness (QED) is 0.556. The predicted octanol–water partition coefficient (Wildman–Crippen LogP) is 4.91. The van der Waals surface area contributed by atoms with E-state index in [9.17, 15) is 4.79 Å². The summed E-state index contributed by atoms with van der Waals surface area (Å²) in [4.78, 5) is 11.9. The Morgan fingerprint density at radius 2 is 1.78 bits per heavy atom. The molecule has 0 saturated carbocycles. The van der Waals surface area contributed by atoms with E-state index in [1.54, 1.807) is 25.3 Å². The van der Waals surface area contributed by atoms with Crippen LogP contribution in [-0.2, 0) is 10.2 Å². The van der Waals surface area contributed by atoms with Crippen LogP contribution in [0.15, 0.2) is 52.2 Å². The molecule has 0 aliphatic rings. The second-order valence-corrected chi connectivity index (χ2v) is 8.64. The number of benzene rings is 1. The van der Waals surface area contributed by atoms with Crippen LogP contribution in [0.2, 0.25) is 0 Å². The van der Waals surface area contributed by atoms with E-state index in [2.05, 4.69) is 57.3 Å². The van der Waals surface area contributed by atoms with E-state index in [0.29, 0.717) is 17.2 Å². The average Bonchev–Trinajstić information content (AvgIpc) is 3.11. The third kappa shape index (κ3) is 6.59. The Balaban J connectivity index is 1.87. The molecule has 1 aromatic heterocycles. The molecular formula is C22H30N2O3. The normalized spacial score (nSPS) is 12.7. The van der Waals surface area contributed by atoms with E-state index in [1.807, 2.05) is 12.1 Å². The van der Waals surface area contributed by atoms with Crippen LogP contribution in [0.1, 0.15) is 59.3 Å². The number of carbonyl (C=O) groups excluding carboxylic acids is 1. The van der Waals surface area contributed by atoms with E-state index in [0.717, 1.165) is 6.42 Å². The first-order valence-electron chi connectivity index (χ1n) is 9.17. The van der Waals surface area contributed by atoms with Crippen LogP contribution in [0.3, 0.4) is 0 Å². The Hall–Kier alpha value is -2.56. The van der Waals surface area contributed by atoms with Crippen molar-refractivity contribution in [1.82, 2.24) is 5.43 Å². The summed E-state index contributed by atoms with van der Waals surface area (Å²) in [7, 11) is 0. The lowest BCUT2D eigenvalue weighted by atomic mass is 9.72. The van der Waals surface area contributed by atoms with Gasteiger partial charge in [0.25, 0.3) is 5.91 Å². The molecule has 5 nitrogen and oxygen atoms in total. The molecule has 0 bridgehead atoms. The number of nitrogens with zero attached hydrogens (tertiary/aromatic N) is 1. The van der Waals surface area contributed by atoms with Crippen molar-refractivity contribution in [1.29, 1.82) is 0 Å². The largest absolute Gasteiger partial charge is 0.484 e. The highest BCUT2D eigenvalue weighted by molar-refractivity contribution is 5.96. The summed E-state index contributed by atoms with van der Waals surface area (Å²) in [5, 5.41) is 4.00. The van der Waals surface area contributed by atoms with Crippen LogP contribution < -0.4 is 10.2 Å². The lowest BCUT2D eigenvalue weighted by molar-refractivity contribution is -0.123. The molecule has 0 saturated heterocycles. The van der Waals surface area contributed by atoms with Gasteiger partial charge in [-0.15, -0.1) is 0 Å². The molecule has 1 aromatic carbocycles. The van der Waals surface area contributed by atoms with Crippen LogP contribution in [0, 0.1) is 5.41 Å². The number of hydrogen-bond donors (Lipinski definition) is 1. The van der Waals surface area contributed by atoms with Crippen LogP contribution in [0.4, 0.5) is 0 Å². The van der Waals surface area contributed by atoms with Gasteiger partial charge in [-0.25, -0.2) is 5.43 Å². The first-order chi connectivity index (χ1) is 12.6. The van der Waals surface area contributed by atoms with Crippen LogP contribution in [0.25, 0.3) is 0 Å². The first kappa shape index (κ1) is 20.7. The fourth-order valence-electron chi connectivity index (χ4n) is 3.30. The maximum absolute atomic E-state index is 11.9. The molecular weight excluding hydrogens is 340 g/mol. The number of rotatable bonds is 7. The van der Waals surface area contributed by atoms with Gasteiger partial charge in [-0.3, -0.25) is 4.79 Å². The number of nitrogens with one attached hydrogen (secondary N) is 1. The SMILES string of the molecule is C/C(=N/NC(=O)COc1ccc(C(C)(C)CC(C)(C)C)cc1)c1ccco1. The Morgan fingerprint density at radius 3 is 2.33 bits per heavy atom. The van der Waals surface area contributed by atoms with E-state index in [1.165, 1.54) is 5.56 Å². The molecule has 2 aromatic rings. The monoisotopic (exact) mass is 370 g/mol. The van der Waals surface area contributed by atoms with Gasteiger partial charge in [0.1, 0.15) is 17.2 Å². The van der Waals surface area contributed by atoms with Crippen molar-refractivity contribution in [2.45, 2.75) is 53.4 Å². The standard InChI is InChI=1S/C22H30N2O3/c1-16(19-8-7-13-26-19)23-24-20(25)14-27-18-11-9-17(10-12-18)22(5,6)15-21(2,3)4/h7-13H,14-15H2,1-6H3,(H,24,25)/b23-16-. The molecule has 2 rings (SSSR count). The van der Waals surface area contributed by atoms with Crippen molar-refractivity contribution in [3.05, 3.63) is 54.0 Å². The van der Waals surface area contributed by atoms with Crippen molar-refractivity contribution in [3.8, 4) is 5.75 Å². The molecule has 1 N–H and O–H groups in total. The molecule has 0 radical (unpaired) electrons. The lowest BCUT2D eigenvalue weighted by Gasteiger charge is -2.33. The number of furan rings is 1. The average molecular weight is 370 g/mol. The summed E-state index contributed by atoms with van der Waals surface area (Å²) in [5.41, 5.74) is 4.65. The Bertz CT molecular complexity index is 767. The first-order valence-corrected chi connectivity index (χ1v) is 9.17. The predicted molar refractivity (Wildman–Crippen MR) is 108 cm³/mol. The van der Waals surface area contributed by atoms with Gasteiger partial charge < -0.3 is 9.15 Å². The molecule has 0 fully saturated rings. The topological polar surface area (TPSA) is 63.8 Å². The van der Waals surface area contributed by atoms with Crippen LogP contribution in [-0.4, -0.2) is 18.2 Å². The number of hydrogen-bond acceptors (Lipinski definition) is 4. The van der Waals surface area contributed by atoms with Gasteiger partial charge >= 0.3 is 0 Å². The molecule has 0 unspecified atom stereocenters. The maximum Gasteiger partial charge on any atom is 0.277 e. The number of hydrazone groups is 1. The van der Waals surface area contributed by atoms with E-state index in [-0.39, 0.29) is 23.3 Å². The van der Waals surface area contributed by atoms with Gasteiger partial charge in [0.15, 0.2) is 6.61 Å². The minimum absolute atomic E-state index is 0.0756. The number of amides is 1. The van der Waals surface area contributed by atoms with Crippen LogP contribution in [0.5, 0.6) is 5.75 Å². The fourth-order valence-corrected chi connectivity index (χ4v) is 3.30. The van der Waals surface area contributed by atoms with Gasteiger partial charge in [0.2, 0.25) is 0 Å². The minimum atomic E-state index is -0.321. The van der Waals surface area contributed by atoms with E-state index in [4.69, 9.17) is 9.15 Å². The molecule has 0 aliphatic carbocycles. The molecule has 1 amide bonds. The summed E-state index contributed by atoms with van der Waals surface area (Å²) in [6.07, 6.45) is 2.64. The second-order valence-electron chi connectivity index (χ2n) is 8.64. The second kappa shape index (κ2) is 8.42. The lowest BCUT2D eigenvalue weighted by Crippen LogP contribution is -2.26. The molecule has 5 heteroatoms. The highest BCUT2D eigenvalue weighted by Crippen LogP contribution is 2.36. The van der Waals surface area contributed by atoms with E-state index >= 15 is 0 Å². The smallest absolute Gasteiger partial charge is 0.277 e. The third-order valence-electron chi connectivity index (χ3n) is 4.20.